The van der Waals surface area contributed by atoms with Crippen LogP contribution in [0.4, 0.5) is 5.82 Å². The van der Waals surface area contributed by atoms with Crippen LogP contribution in [-0.2, 0) is 10.0 Å². The van der Waals surface area contributed by atoms with Crippen molar-refractivity contribution in [3.63, 3.8) is 0 Å². The summed E-state index contributed by atoms with van der Waals surface area (Å²) in [5, 5.41) is 0.0451. The molecule has 0 aromatic carbocycles. The molecule has 4 N–H and O–H groups in total. The molecule has 2 heterocycles. The van der Waals surface area contributed by atoms with Gasteiger partial charge in [0.05, 0.1) is 0 Å². The van der Waals surface area contributed by atoms with Gasteiger partial charge in [-0.15, -0.1) is 0 Å². The topological polar surface area (TPSA) is 102 Å². The van der Waals surface area contributed by atoms with Gasteiger partial charge in [0.15, 0.2) is 10.8 Å². The van der Waals surface area contributed by atoms with E-state index in [1.54, 1.807) is 24.4 Å². The third kappa shape index (κ3) is 2.05. The zero-order valence-electron chi connectivity index (χ0n) is 11.1. The van der Waals surface area contributed by atoms with Crippen LogP contribution < -0.4 is 16.0 Å². The van der Waals surface area contributed by atoms with Crippen molar-refractivity contribution in [1.29, 1.82) is 0 Å². The summed E-state index contributed by atoms with van der Waals surface area (Å²) in [6, 6.07) is 5.27. The number of nitrogens with one attached hydrogen (secondary N) is 2. The fourth-order valence-corrected chi connectivity index (χ4v) is 4.23. The first kappa shape index (κ1) is 13.3. The first-order valence-corrected chi connectivity index (χ1v) is 7.91. The summed E-state index contributed by atoms with van der Waals surface area (Å²) in [4.78, 5) is 4.18. The number of fused-ring (bicyclic) bond motifs is 1. The minimum absolute atomic E-state index is 0.0451. The lowest BCUT2D eigenvalue weighted by Gasteiger charge is -2.38. The van der Waals surface area contributed by atoms with Gasteiger partial charge in [-0.05, 0) is 38.3 Å². The van der Waals surface area contributed by atoms with E-state index in [0.717, 1.165) is 19.3 Å². The molecule has 1 aliphatic rings. The van der Waals surface area contributed by atoms with E-state index in [9.17, 15) is 8.42 Å². The van der Waals surface area contributed by atoms with Gasteiger partial charge in [-0.1, -0.05) is 6.07 Å². The van der Waals surface area contributed by atoms with Crippen LogP contribution in [0.15, 0.2) is 29.4 Å². The van der Waals surface area contributed by atoms with E-state index >= 15 is 0 Å². The van der Waals surface area contributed by atoms with Crippen molar-refractivity contribution < 1.29 is 8.42 Å². The number of rotatable bonds is 4. The lowest BCUT2D eigenvalue weighted by atomic mass is 9.80. The molecule has 0 spiro atoms. The molecule has 0 bridgehead atoms. The number of hydrogen-bond acceptors (Lipinski definition) is 5. The maximum Gasteiger partial charge on any atom is 0.260 e. The van der Waals surface area contributed by atoms with Crippen molar-refractivity contribution in [2.24, 2.45) is 5.84 Å². The average molecular weight is 295 g/mol. The van der Waals surface area contributed by atoms with Crippen LogP contribution in [0.1, 0.15) is 26.2 Å². The van der Waals surface area contributed by atoms with E-state index in [1.807, 2.05) is 6.92 Å². The minimum Gasteiger partial charge on any atom is -0.306 e. The van der Waals surface area contributed by atoms with Gasteiger partial charge < -0.3 is 5.43 Å². The highest BCUT2D eigenvalue weighted by Crippen LogP contribution is 2.33. The predicted molar refractivity (Wildman–Crippen MR) is 75.6 cm³/mol. The molecule has 0 unspecified atom stereocenters. The summed E-state index contributed by atoms with van der Waals surface area (Å²) in [5.41, 5.74) is 2.52. The fourth-order valence-electron chi connectivity index (χ4n) is 2.51. The SMILES string of the molecule is CC1(NS(=O)(=O)c2c(NN)nc3ccccn23)CCC1. The number of hydrazine groups is 1. The highest BCUT2D eigenvalue weighted by Gasteiger charge is 2.38. The molecule has 108 valence electrons. The molecular formula is C12H17N5O2S. The Morgan fingerprint density at radius 2 is 2.15 bits per heavy atom. The number of nitrogens with zero attached hydrogens (tertiary/aromatic N) is 2. The fraction of sp³-hybridized carbons (Fsp3) is 0.417. The largest absolute Gasteiger partial charge is 0.306 e. The first-order chi connectivity index (χ1) is 9.45. The van der Waals surface area contributed by atoms with Gasteiger partial charge in [0, 0.05) is 11.7 Å². The van der Waals surface area contributed by atoms with Gasteiger partial charge in [-0.25, -0.2) is 24.0 Å². The number of pyridine rings is 1. The van der Waals surface area contributed by atoms with E-state index in [1.165, 1.54) is 4.40 Å². The van der Waals surface area contributed by atoms with E-state index in [0.29, 0.717) is 5.65 Å². The summed E-state index contributed by atoms with van der Waals surface area (Å²) in [7, 11) is -3.70. The van der Waals surface area contributed by atoms with E-state index in [2.05, 4.69) is 15.1 Å². The maximum absolute atomic E-state index is 12.6. The smallest absolute Gasteiger partial charge is 0.260 e. The summed E-state index contributed by atoms with van der Waals surface area (Å²) in [6.45, 7) is 1.91. The Labute approximate surface area is 117 Å². The molecule has 0 saturated heterocycles. The number of hydrogen-bond donors (Lipinski definition) is 3. The van der Waals surface area contributed by atoms with E-state index in [4.69, 9.17) is 5.84 Å². The van der Waals surface area contributed by atoms with Crippen molar-refractivity contribution in [2.75, 3.05) is 5.43 Å². The zero-order valence-corrected chi connectivity index (χ0v) is 11.9. The van der Waals surface area contributed by atoms with Gasteiger partial charge in [0.25, 0.3) is 10.0 Å². The Kier molecular flexibility index (Phi) is 2.96. The second kappa shape index (κ2) is 4.44. The Balaban J connectivity index is 2.12. The van der Waals surface area contributed by atoms with Gasteiger partial charge in [-0.3, -0.25) is 4.40 Å². The van der Waals surface area contributed by atoms with Crippen LogP contribution in [0.5, 0.6) is 0 Å². The van der Waals surface area contributed by atoms with Crippen LogP contribution >= 0.6 is 0 Å². The molecular weight excluding hydrogens is 278 g/mol. The van der Waals surface area contributed by atoms with Crippen molar-refractivity contribution in [3.8, 4) is 0 Å². The third-order valence-electron chi connectivity index (χ3n) is 3.72. The summed E-state index contributed by atoms with van der Waals surface area (Å²) in [5.74, 6) is 5.55. The van der Waals surface area contributed by atoms with Crippen molar-refractivity contribution >= 4 is 21.5 Å². The van der Waals surface area contributed by atoms with Crippen molar-refractivity contribution in [2.45, 2.75) is 36.8 Å². The monoisotopic (exact) mass is 295 g/mol. The quantitative estimate of drug-likeness (QED) is 0.573. The number of sulfonamides is 1. The first-order valence-electron chi connectivity index (χ1n) is 6.43. The molecule has 20 heavy (non-hydrogen) atoms. The number of aromatic nitrogens is 2. The number of nitrogen functional groups attached to an aromatic ring is 1. The molecule has 0 aliphatic heterocycles. The molecule has 8 heteroatoms. The standard InChI is InChI=1S/C12H17N5O2S/c1-12(6-4-7-12)16-20(18,19)11-10(15-13)14-9-5-2-3-8-17(9)11/h2-3,5,8,15-16H,4,6-7,13H2,1H3. The van der Waals surface area contributed by atoms with Crippen LogP contribution in [0.25, 0.3) is 5.65 Å². The van der Waals surface area contributed by atoms with E-state index in [-0.39, 0.29) is 16.4 Å². The molecule has 0 amide bonds. The second-order valence-corrected chi connectivity index (χ2v) is 6.96. The Morgan fingerprint density at radius 1 is 1.40 bits per heavy atom. The van der Waals surface area contributed by atoms with Crippen molar-refractivity contribution in [3.05, 3.63) is 24.4 Å². The highest BCUT2D eigenvalue weighted by atomic mass is 32.2. The van der Waals surface area contributed by atoms with Crippen LogP contribution in [0.3, 0.4) is 0 Å². The van der Waals surface area contributed by atoms with Crippen LogP contribution in [0, 0.1) is 0 Å². The third-order valence-corrected chi connectivity index (χ3v) is 5.38. The van der Waals surface area contributed by atoms with E-state index < -0.39 is 10.0 Å². The number of anilines is 1. The van der Waals surface area contributed by atoms with Crippen LogP contribution in [0.2, 0.25) is 0 Å². The van der Waals surface area contributed by atoms with Gasteiger partial charge in [0.2, 0.25) is 0 Å². The number of imidazole rings is 1. The summed E-state index contributed by atoms with van der Waals surface area (Å²) in [6.07, 6.45) is 4.37. The molecule has 1 aliphatic carbocycles. The van der Waals surface area contributed by atoms with Gasteiger partial charge in [-0.2, -0.15) is 0 Å². The Bertz CT molecular complexity index is 748. The molecule has 3 rings (SSSR count). The minimum atomic E-state index is -3.70. The average Bonchev–Trinajstić information content (AvgIpc) is 2.75. The van der Waals surface area contributed by atoms with Gasteiger partial charge >= 0.3 is 0 Å². The lowest BCUT2D eigenvalue weighted by Crippen LogP contribution is -2.51. The molecule has 1 saturated carbocycles. The molecule has 7 nitrogen and oxygen atoms in total. The Morgan fingerprint density at radius 3 is 2.75 bits per heavy atom. The molecule has 2 aromatic heterocycles. The van der Waals surface area contributed by atoms with Crippen LogP contribution in [-0.4, -0.2) is 23.3 Å². The molecule has 1 fully saturated rings. The normalized spacial score (nSPS) is 17.9. The lowest BCUT2D eigenvalue weighted by molar-refractivity contribution is 0.247. The van der Waals surface area contributed by atoms with Crippen molar-refractivity contribution in [1.82, 2.24) is 14.1 Å². The second-order valence-electron chi connectivity index (χ2n) is 5.36. The maximum atomic E-state index is 12.6. The Hall–Kier alpha value is -1.64. The summed E-state index contributed by atoms with van der Waals surface area (Å²) >= 11 is 0. The zero-order chi connectivity index (χ0) is 14.4. The van der Waals surface area contributed by atoms with Gasteiger partial charge in [0.1, 0.15) is 5.65 Å². The molecule has 2 aromatic rings. The highest BCUT2D eigenvalue weighted by molar-refractivity contribution is 7.89. The molecule has 0 atom stereocenters. The predicted octanol–water partition coefficient (Wildman–Crippen LogP) is 0.841. The number of nitrogens with two attached hydrogens (primary N) is 1. The summed E-state index contributed by atoms with van der Waals surface area (Å²) < 4.78 is 29.5. The molecule has 0 radical (unpaired) electrons.